The highest BCUT2D eigenvalue weighted by Gasteiger charge is 2.48. The molecule has 0 bridgehead atoms. The predicted molar refractivity (Wildman–Crippen MR) is 147 cm³/mol. The van der Waals surface area contributed by atoms with Crippen LogP contribution >= 0.6 is 22.9 Å². The van der Waals surface area contributed by atoms with Crippen molar-refractivity contribution in [3.05, 3.63) is 94.0 Å². The highest BCUT2D eigenvalue weighted by molar-refractivity contribution is 7.22. The summed E-state index contributed by atoms with van der Waals surface area (Å²) in [5.41, 5.74) is 2.95. The van der Waals surface area contributed by atoms with E-state index in [9.17, 15) is 14.7 Å². The fourth-order valence-corrected chi connectivity index (χ4v) is 5.57. The van der Waals surface area contributed by atoms with E-state index in [1.54, 1.807) is 48.5 Å². The Morgan fingerprint density at radius 3 is 2.43 bits per heavy atom. The second-order valence-electron chi connectivity index (χ2n) is 9.06. The molecule has 3 aromatic carbocycles. The number of anilines is 1. The third-order valence-electron chi connectivity index (χ3n) is 6.19. The van der Waals surface area contributed by atoms with Crippen molar-refractivity contribution < 1.29 is 19.4 Å². The van der Waals surface area contributed by atoms with Gasteiger partial charge in [0.25, 0.3) is 5.78 Å². The lowest BCUT2D eigenvalue weighted by Gasteiger charge is -2.23. The maximum absolute atomic E-state index is 13.5. The number of aliphatic hydroxyl groups is 1. The standard InChI is InChI=1S/C29H25ClN2O4S/c1-4-17-5-14-22-23(15-17)37-29(31-22)32-25(18-8-12-21(13-9-18)36-16(2)3)24(27(34)28(32)35)26(33)19-6-10-20(30)11-7-19/h5-16,25,33H,4H2,1-3H3/b26-24+. The molecule has 6 nitrogen and oxygen atoms in total. The largest absolute Gasteiger partial charge is 0.507 e. The number of benzene rings is 3. The van der Waals surface area contributed by atoms with E-state index in [2.05, 4.69) is 6.92 Å². The van der Waals surface area contributed by atoms with Gasteiger partial charge < -0.3 is 9.84 Å². The molecule has 1 amide bonds. The smallest absolute Gasteiger partial charge is 0.301 e. The number of rotatable bonds is 6. The Bertz CT molecular complexity index is 1520. The predicted octanol–water partition coefficient (Wildman–Crippen LogP) is 6.93. The molecule has 0 saturated carbocycles. The number of aryl methyl sites for hydroxylation is 1. The van der Waals surface area contributed by atoms with Crippen LogP contribution in [0.1, 0.15) is 43.5 Å². The fourth-order valence-electron chi connectivity index (χ4n) is 4.39. The molecule has 1 fully saturated rings. The van der Waals surface area contributed by atoms with E-state index in [4.69, 9.17) is 21.3 Å². The van der Waals surface area contributed by atoms with Crippen LogP contribution in [0.5, 0.6) is 5.75 Å². The van der Waals surface area contributed by atoms with Crippen LogP contribution in [0.15, 0.2) is 72.3 Å². The Labute approximate surface area is 223 Å². The van der Waals surface area contributed by atoms with Gasteiger partial charge in [-0.25, -0.2) is 4.98 Å². The second-order valence-corrected chi connectivity index (χ2v) is 10.5. The average molecular weight is 533 g/mol. The molecular formula is C29H25ClN2O4S. The molecule has 1 aliphatic heterocycles. The number of halogens is 1. The lowest BCUT2D eigenvalue weighted by molar-refractivity contribution is -0.132. The summed E-state index contributed by atoms with van der Waals surface area (Å²) in [6.45, 7) is 5.95. The Morgan fingerprint density at radius 1 is 1.08 bits per heavy atom. The molecule has 0 spiro atoms. The van der Waals surface area contributed by atoms with Crippen LogP contribution in [-0.4, -0.2) is 27.9 Å². The lowest BCUT2D eigenvalue weighted by atomic mass is 9.95. The minimum atomic E-state index is -0.866. The summed E-state index contributed by atoms with van der Waals surface area (Å²) >= 11 is 7.37. The number of aliphatic hydroxyl groups excluding tert-OH is 1. The molecule has 1 aliphatic rings. The first-order valence-corrected chi connectivity index (χ1v) is 13.2. The molecule has 4 aromatic rings. The minimum Gasteiger partial charge on any atom is -0.507 e. The second kappa shape index (κ2) is 10.00. The van der Waals surface area contributed by atoms with E-state index >= 15 is 0 Å². The first-order valence-electron chi connectivity index (χ1n) is 12.0. The Kier molecular flexibility index (Phi) is 6.75. The highest BCUT2D eigenvalue weighted by Crippen LogP contribution is 2.44. The Hall–Kier alpha value is -3.68. The normalized spacial score (nSPS) is 17.2. The van der Waals surface area contributed by atoms with Crippen LogP contribution in [0.2, 0.25) is 5.02 Å². The van der Waals surface area contributed by atoms with Gasteiger partial charge >= 0.3 is 5.91 Å². The topological polar surface area (TPSA) is 79.7 Å². The van der Waals surface area contributed by atoms with Gasteiger partial charge in [-0.05, 0) is 79.9 Å². The van der Waals surface area contributed by atoms with Crippen molar-refractivity contribution in [2.24, 2.45) is 0 Å². The number of aromatic nitrogens is 1. The molecule has 0 aliphatic carbocycles. The van der Waals surface area contributed by atoms with E-state index in [0.29, 0.717) is 27.0 Å². The SMILES string of the molecule is CCc1ccc2nc(N3C(=O)C(=O)/C(=C(/O)c4ccc(Cl)cc4)C3c3ccc(OC(C)C)cc3)sc2c1. The molecule has 37 heavy (non-hydrogen) atoms. The molecule has 1 aromatic heterocycles. The Morgan fingerprint density at radius 2 is 1.78 bits per heavy atom. The zero-order valence-electron chi connectivity index (χ0n) is 20.6. The zero-order chi connectivity index (χ0) is 26.3. The van der Waals surface area contributed by atoms with Crippen LogP contribution in [0.25, 0.3) is 16.0 Å². The van der Waals surface area contributed by atoms with E-state index in [0.717, 1.165) is 22.2 Å². The van der Waals surface area contributed by atoms with Gasteiger partial charge in [0, 0.05) is 10.6 Å². The number of carbonyl (C=O) groups is 2. The quantitative estimate of drug-likeness (QED) is 0.165. The summed E-state index contributed by atoms with van der Waals surface area (Å²) < 4.78 is 6.69. The molecule has 8 heteroatoms. The number of hydrogen-bond donors (Lipinski definition) is 1. The third kappa shape index (κ3) is 4.72. The van der Waals surface area contributed by atoms with Gasteiger partial charge in [0.1, 0.15) is 11.5 Å². The van der Waals surface area contributed by atoms with Gasteiger partial charge in [-0.15, -0.1) is 0 Å². The van der Waals surface area contributed by atoms with Crippen LogP contribution in [0.4, 0.5) is 5.13 Å². The van der Waals surface area contributed by atoms with E-state index in [1.165, 1.54) is 16.2 Å². The molecule has 5 rings (SSSR count). The van der Waals surface area contributed by atoms with Crippen molar-refractivity contribution in [1.29, 1.82) is 0 Å². The first-order chi connectivity index (χ1) is 17.8. The average Bonchev–Trinajstić information content (AvgIpc) is 3.41. The molecule has 1 N–H and O–H groups in total. The molecule has 188 valence electrons. The fraction of sp³-hybridized carbons (Fsp3) is 0.207. The van der Waals surface area contributed by atoms with Gasteiger partial charge in [0.2, 0.25) is 0 Å². The maximum atomic E-state index is 13.5. The van der Waals surface area contributed by atoms with Crippen LogP contribution < -0.4 is 9.64 Å². The highest BCUT2D eigenvalue weighted by atomic mass is 35.5. The molecule has 1 atom stereocenters. The van der Waals surface area contributed by atoms with Crippen molar-refractivity contribution >= 4 is 55.7 Å². The van der Waals surface area contributed by atoms with Gasteiger partial charge in [-0.1, -0.05) is 48.1 Å². The lowest BCUT2D eigenvalue weighted by Crippen LogP contribution is -2.29. The number of fused-ring (bicyclic) bond motifs is 1. The third-order valence-corrected chi connectivity index (χ3v) is 7.46. The van der Waals surface area contributed by atoms with E-state index in [1.807, 2.05) is 32.0 Å². The van der Waals surface area contributed by atoms with Crippen LogP contribution in [0, 0.1) is 0 Å². The van der Waals surface area contributed by atoms with E-state index < -0.39 is 17.7 Å². The van der Waals surface area contributed by atoms with Gasteiger partial charge in [-0.3, -0.25) is 14.5 Å². The number of ketones is 1. The number of hydrogen-bond acceptors (Lipinski definition) is 6. The van der Waals surface area contributed by atoms with Crippen LogP contribution in [0.3, 0.4) is 0 Å². The van der Waals surface area contributed by atoms with Gasteiger partial charge in [0.15, 0.2) is 5.13 Å². The molecule has 0 radical (unpaired) electrons. The summed E-state index contributed by atoms with van der Waals surface area (Å²) in [6, 6.07) is 18.8. The monoisotopic (exact) mass is 532 g/mol. The number of thiazole rings is 1. The first kappa shape index (κ1) is 25.0. The van der Waals surface area contributed by atoms with Crippen LogP contribution in [-0.2, 0) is 16.0 Å². The number of Topliss-reactive ketones (excluding diaryl/α,β-unsaturated/α-hetero) is 1. The van der Waals surface area contributed by atoms with Crippen molar-refractivity contribution in [3.63, 3.8) is 0 Å². The molecular weight excluding hydrogens is 508 g/mol. The van der Waals surface area contributed by atoms with Gasteiger partial charge in [-0.2, -0.15) is 0 Å². The Balaban J connectivity index is 1.68. The number of nitrogens with zero attached hydrogens (tertiary/aromatic N) is 2. The molecule has 1 saturated heterocycles. The number of ether oxygens (including phenoxy) is 1. The number of amides is 1. The van der Waals surface area contributed by atoms with E-state index in [-0.39, 0.29) is 17.4 Å². The zero-order valence-corrected chi connectivity index (χ0v) is 22.1. The number of carbonyl (C=O) groups excluding carboxylic acids is 2. The maximum Gasteiger partial charge on any atom is 0.301 e. The van der Waals surface area contributed by atoms with Crippen molar-refractivity contribution in [1.82, 2.24) is 4.98 Å². The summed E-state index contributed by atoms with van der Waals surface area (Å²) in [7, 11) is 0. The van der Waals surface area contributed by atoms with Crippen molar-refractivity contribution in [2.75, 3.05) is 4.90 Å². The van der Waals surface area contributed by atoms with Gasteiger partial charge in [0.05, 0.1) is 27.9 Å². The summed E-state index contributed by atoms with van der Waals surface area (Å²) in [6.07, 6.45) is 0.872. The summed E-state index contributed by atoms with van der Waals surface area (Å²) in [5, 5.41) is 12.2. The summed E-state index contributed by atoms with van der Waals surface area (Å²) in [5.74, 6) is -1.11. The molecule has 2 heterocycles. The minimum absolute atomic E-state index is 0.00152. The molecule has 1 unspecified atom stereocenters. The summed E-state index contributed by atoms with van der Waals surface area (Å²) in [4.78, 5) is 32.9. The van der Waals surface area contributed by atoms with Crippen molar-refractivity contribution in [2.45, 2.75) is 39.3 Å². The van der Waals surface area contributed by atoms with Crippen molar-refractivity contribution in [3.8, 4) is 5.75 Å².